The molecular formula is C20H30N2O3. The van der Waals surface area contributed by atoms with E-state index in [1.165, 1.54) is 39.2 Å². The van der Waals surface area contributed by atoms with Crippen LogP contribution in [-0.2, 0) is 4.74 Å². The molecule has 25 heavy (non-hydrogen) atoms. The summed E-state index contributed by atoms with van der Waals surface area (Å²) in [7, 11) is 1.37. The van der Waals surface area contributed by atoms with E-state index in [1.807, 2.05) is 20.8 Å². The first-order valence-electron chi connectivity index (χ1n) is 9.49. The van der Waals surface area contributed by atoms with Gasteiger partial charge >= 0.3 is 5.97 Å². The van der Waals surface area contributed by atoms with Crippen LogP contribution in [0.3, 0.4) is 0 Å². The third kappa shape index (κ3) is 3.39. The zero-order valence-electron chi connectivity index (χ0n) is 15.9. The number of piperidine rings is 1. The number of hydrogen-bond donors (Lipinski definition) is 1. The maximum Gasteiger partial charge on any atom is 0.339 e. The Morgan fingerprint density at radius 1 is 1.16 bits per heavy atom. The van der Waals surface area contributed by atoms with Gasteiger partial charge in [0.25, 0.3) is 0 Å². The Kier molecular flexibility index (Phi) is 5.32. The Labute approximate surface area is 150 Å². The largest absolute Gasteiger partial charge is 0.465 e. The van der Waals surface area contributed by atoms with Gasteiger partial charge in [0.15, 0.2) is 5.78 Å². The molecule has 5 nitrogen and oxygen atoms in total. The molecule has 1 N–H and O–H groups in total. The molecule has 1 aromatic heterocycles. The quantitative estimate of drug-likeness (QED) is 0.669. The lowest BCUT2D eigenvalue weighted by molar-refractivity contribution is 0.0515. The summed E-state index contributed by atoms with van der Waals surface area (Å²) < 4.78 is 4.85. The molecule has 0 amide bonds. The number of aromatic nitrogens is 1. The predicted molar refractivity (Wildman–Crippen MR) is 97.0 cm³/mol. The van der Waals surface area contributed by atoms with E-state index >= 15 is 0 Å². The van der Waals surface area contributed by atoms with Crippen molar-refractivity contribution in [2.45, 2.75) is 58.9 Å². The zero-order valence-corrected chi connectivity index (χ0v) is 15.9. The Bertz CT molecular complexity index is 664. The maximum atomic E-state index is 13.1. The molecule has 2 fully saturated rings. The van der Waals surface area contributed by atoms with Crippen LogP contribution in [0, 0.1) is 25.7 Å². The van der Waals surface area contributed by atoms with Crippen LogP contribution in [0.4, 0.5) is 0 Å². The Hall–Kier alpha value is -1.62. The van der Waals surface area contributed by atoms with Gasteiger partial charge in [0, 0.05) is 12.2 Å². The summed E-state index contributed by atoms with van der Waals surface area (Å²) in [4.78, 5) is 30.5. The summed E-state index contributed by atoms with van der Waals surface area (Å²) in [6, 6.07) is -0.162. The number of ether oxygens (including phenoxy) is 1. The van der Waals surface area contributed by atoms with Crippen LogP contribution >= 0.6 is 0 Å². The highest BCUT2D eigenvalue weighted by atomic mass is 16.5. The molecule has 138 valence electrons. The number of aryl methyl sites for hydroxylation is 1. The third-order valence-electron chi connectivity index (χ3n) is 6.32. The lowest BCUT2D eigenvalue weighted by atomic mass is 9.75. The van der Waals surface area contributed by atoms with Gasteiger partial charge in [-0.3, -0.25) is 9.69 Å². The summed E-state index contributed by atoms with van der Waals surface area (Å²) in [6.45, 7) is 7.66. The van der Waals surface area contributed by atoms with Crippen LogP contribution in [0.15, 0.2) is 0 Å². The fourth-order valence-electron chi connectivity index (χ4n) is 4.76. The van der Waals surface area contributed by atoms with E-state index in [1.54, 1.807) is 0 Å². The minimum Gasteiger partial charge on any atom is -0.465 e. The van der Waals surface area contributed by atoms with E-state index < -0.39 is 0 Å². The fraction of sp³-hybridized carbons (Fsp3) is 0.700. The molecule has 5 heteroatoms. The van der Waals surface area contributed by atoms with Crippen LogP contribution in [0.5, 0.6) is 0 Å². The van der Waals surface area contributed by atoms with Crippen molar-refractivity contribution in [3.05, 3.63) is 22.5 Å². The highest BCUT2D eigenvalue weighted by Crippen LogP contribution is 2.37. The van der Waals surface area contributed by atoms with Crippen LogP contribution in [0.2, 0.25) is 0 Å². The van der Waals surface area contributed by atoms with E-state index in [0.717, 1.165) is 24.9 Å². The van der Waals surface area contributed by atoms with Gasteiger partial charge in [0.2, 0.25) is 0 Å². The van der Waals surface area contributed by atoms with Crippen molar-refractivity contribution >= 4 is 11.8 Å². The van der Waals surface area contributed by atoms with Gasteiger partial charge in [-0.2, -0.15) is 0 Å². The second kappa shape index (κ2) is 7.32. The first-order chi connectivity index (χ1) is 11.9. The van der Waals surface area contributed by atoms with Crippen molar-refractivity contribution in [2.75, 3.05) is 20.2 Å². The molecular weight excluding hydrogens is 316 g/mol. The smallest absolute Gasteiger partial charge is 0.339 e. The molecule has 3 atom stereocenters. The molecule has 0 unspecified atom stereocenters. The second-order valence-electron chi connectivity index (χ2n) is 7.75. The lowest BCUT2D eigenvalue weighted by Crippen LogP contribution is -2.48. The summed E-state index contributed by atoms with van der Waals surface area (Å²) in [6.07, 6.45) is 6.56. The lowest BCUT2D eigenvalue weighted by Gasteiger charge is -2.43. The number of carbonyl (C=O) groups is 2. The number of aromatic amines is 1. The minimum absolute atomic E-state index is 0.0741. The zero-order chi connectivity index (χ0) is 18.1. The number of H-pyrrole nitrogens is 1. The monoisotopic (exact) mass is 346 g/mol. The van der Waals surface area contributed by atoms with Gasteiger partial charge in [0.05, 0.1) is 24.4 Å². The predicted octanol–water partition coefficient (Wildman–Crippen LogP) is 3.50. The number of ketones is 1. The van der Waals surface area contributed by atoms with E-state index in [2.05, 4.69) is 9.88 Å². The molecule has 1 aliphatic carbocycles. The molecule has 0 spiro atoms. The third-order valence-corrected chi connectivity index (χ3v) is 6.32. The van der Waals surface area contributed by atoms with Crippen molar-refractivity contribution < 1.29 is 14.3 Å². The number of nitrogens with zero attached hydrogens (tertiary/aromatic N) is 1. The molecule has 2 aliphatic rings. The highest BCUT2D eigenvalue weighted by Gasteiger charge is 2.35. The van der Waals surface area contributed by atoms with E-state index in [0.29, 0.717) is 22.5 Å². The molecule has 0 radical (unpaired) electrons. The van der Waals surface area contributed by atoms with Crippen molar-refractivity contribution in [3.63, 3.8) is 0 Å². The Balaban J connectivity index is 1.76. The molecule has 1 aliphatic heterocycles. The van der Waals surface area contributed by atoms with Gasteiger partial charge in [-0.15, -0.1) is 0 Å². The molecule has 1 saturated carbocycles. The van der Waals surface area contributed by atoms with Crippen molar-refractivity contribution in [2.24, 2.45) is 11.8 Å². The average molecular weight is 346 g/mol. The van der Waals surface area contributed by atoms with Gasteiger partial charge in [0.1, 0.15) is 0 Å². The number of carbonyl (C=O) groups excluding carboxylic acids is 2. The Morgan fingerprint density at radius 2 is 1.84 bits per heavy atom. The topological polar surface area (TPSA) is 62.4 Å². The molecule has 0 bridgehead atoms. The van der Waals surface area contributed by atoms with Gasteiger partial charge in [-0.25, -0.2) is 4.79 Å². The standard InChI is InChI=1S/C20H30N2O3/c1-12-17(20(24)25-4)13(2)21-18(12)19(23)14(3)22-10-9-15-7-5-6-8-16(15)11-22/h14-16,21H,5-11H2,1-4H3/t14-,15+,16-/m0/s1. The number of likely N-dealkylation sites (tertiary alicyclic amines) is 1. The Morgan fingerprint density at radius 3 is 2.52 bits per heavy atom. The number of rotatable bonds is 4. The van der Waals surface area contributed by atoms with E-state index in [-0.39, 0.29) is 17.8 Å². The SMILES string of the molecule is COC(=O)c1c(C)[nH]c(C(=O)[C@H](C)N2CC[C@H]3CCCC[C@H]3C2)c1C. The number of nitrogens with one attached hydrogen (secondary N) is 1. The minimum atomic E-state index is -0.388. The average Bonchev–Trinajstić information content (AvgIpc) is 2.93. The maximum absolute atomic E-state index is 13.1. The van der Waals surface area contributed by atoms with Crippen LogP contribution < -0.4 is 0 Å². The van der Waals surface area contributed by atoms with Gasteiger partial charge in [-0.05, 0) is 57.6 Å². The molecule has 3 rings (SSSR count). The number of methoxy groups -OCH3 is 1. The van der Waals surface area contributed by atoms with Gasteiger partial charge in [-0.1, -0.05) is 19.3 Å². The second-order valence-corrected chi connectivity index (χ2v) is 7.75. The van der Waals surface area contributed by atoms with Crippen molar-refractivity contribution in [1.82, 2.24) is 9.88 Å². The summed E-state index contributed by atoms with van der Waals surface area (Å²) in [5.74, 6) is 1.29. The highest BCUT2D eigenvalue weighted by molar-refractivity contribution is 6.03. The van der Waals surface area contributed by atoms with E-state index in [9.17, 15) is 9.59 Å². The normalized spacial score (nSPS) is 25.3. The summed E-state index contributed by atoms with van der Waals surface area (Å²) in [5, 5.41) is 0. The first kappa shape index (κ1) is 18.2. The van der Waals surface area contributed by atoms with Crippen LogP contribution in [0.25, 0.3) is 0 Å². The number of Topliss-reactive ketones (excluding diaryl/α,β-unsaturated/α-hetero) is 1. The molecule has 2 heterocycles. The summed E-state index contributed by atoms with van der Waals surface area (Å²) in [5.41, 5.74) is 2.44. The summed E-state index contributed by atoms with van der Waals surface area (Å²) >= 11 is 0. The van der Waals surface area contributed by atoms with Crippen molar-refractivity contribution in [3.8, 4) is 0 Å². The van der Waals surface area contributed by atoms with Crippen LogP contribution in [0.1, 0.15) is 71.1 Å². The molecule has 1 aromatic rings. The van der Waals surface area contributed by atoms with Gasteiger partial charge < -0.3 is 9.72 Å². The number of esters is 1. The molecule has 0 aromatic carbocycles. The molecule has 1 saturated heterocycles. The van der Waals surface area contributed by atoms with Crippen LogP contribution in [-0.4, -0.2) is 47.9 Å². The van der Waals surface area contributed by atoms with E-state index in [4.69, 9.17) is 4.74 Å². The van der Waals surface area contributed by atoms with Crippen molar-refractivity contribution in [1.29, 1.82) is 0 Å². The fourth-order valence-corrected chi connectivity index (χ4v) is 4.76. The first-order valence-corrected chi connectivity index (χ1v) is 9.49. The number of fused-ring (bicyclic) bond motifs is 1. The number of hydrogen-bond acceptors (Lipinski definition) is 4.